The first kappa shape index (κ1) is 14.7. The number of amides is 1. The van der Waals surface area contributed by atoms with Crippen molar-refractivity contribution < 1.29 is 9.53 Å². The summed E-state index contributed by atoms with van der Waals surface area (Å²) in [5, 5.41) is 0. The fourth-order valence-electron chi connectivity index (χ4n) is 1.73. The Bertz CT molecular complexity index is 622. The Labute approximate surface area is 123 Å². The third kappa shape index (κ3) is 4.43. The van der Waals surface area contributed by atoms with Crippen molar-refractivity contribution >= 4 is 11.9 Å². The number of hydrogen-bond donors (Lipinski definition) is 2. The van der Waals surface area contributed by atoms with E-state index in [0.29, 0.717) is 12.1 Å². The second kappa shape index (κ2) is 7.21. The molecule has 2 aromatic carbocycles. The van der Waals surface area contributed by atoms with Crippen molar-refractivity contribution in [3.63, 3.8) is 0 Å². The highest BCUT2D eigenvalue weighted by molar-refractivity contribution is 6.02. The summed E-state index contributed by atoms with van der Waals surface area (Å²) in [6, 6.07) is 16.6. The largest absolute Gasteiger partial charge is 0.443 e. The predicted octanol–water partition coefficient (Wildman–Crippen LogP) is 2.19. The molecule has 2 aromatic rings. The summed E-state index contributed by atoms with van der Waals surface area (Å²) in [4.78, 5) is 15.3. The lowest BCUT2D eigenvalue weighted by Crippen LogP contribution is -2.16. The average Bonchev–Trinajstić information content (AvgIpc) is 2.54. The molecule has 5 heteroatoms. The number of rotatable bonds is 4. The summed E-state index contributed by atoms with van der Waals surface area (Å²) >= 11 is 0. The molecule has 0 aliphatic heterocycles. The van der Waals surface area contributed by atoms with E-state index in [1.807, 2.05) is 42.5 Å². The highest BCUT2D eigenvalue weighted by atomic mass is 16.5. The van der Waals surface area contributed by atoms with Gasteiger partial charge >= 0.3 is 6.09 Å². The quantitative estimate of drug-likeness (QED) is 0.664. The molecule has 0 radical (unpaired) electrons. The summed E-state index contributed by atoms with van der Waals surface area (Å²) in [7, 11) is 0. The summed E-state index contributed by atoms with van der Waals surface area (Å²) in [6.07, 6.45) is -0.709. The van der Waals surface area contributed by atoms with Gasteiger partial charge in [0, 0.05) is 12.1 Å². The van der Waals surface area contributed by atoms with Gasteiger partial charge in [-0.15, -0.1) is 0 Å². The van der Waals surface area contributed by atoms with Crippen LogP contribution in [0.25, 0.3) is 0 Å². The van der Waals surface area contributed by atoms with E-state index >= 15 is 0 Å². The number of aliphatic imine (C=N–C) groups is 1. The molecule has 2 rings (SSSR count). The molecule has 0 fully saturated rings. The van der Waals surface area contributed by atoms with Crippen LogP contribution in [0.5, 0.6) is 0 Å². The van der Waals surface area contributed by atoms with Gasteiger partial charge in [-0.3, -0.25) is 0 Å². The number of carbonyl (C=O) groups excluding carboxylic acids is 1. The number of ether oxygens (including phenoxy) is 1. The van der Waals surface area contributed by atoms with Crippen LogP contribution in [0.4, 0.5) is 4.79 Å². The van der Waals surface area contributed by atoms with Crippen LogP contribution in [0.1, 0.15) is 16.7 Å². The van der Waals surface area contributed by atoms with Crippen molar-refractivity contribution in [2.45, 2.75) is 13.2 Å². The standard InChI is InChI=1S/C16H17N3O2/c17-10-12-6-8-14(9-7-12)15(18)19-16(20)21-11-13-4-2-1-3-5-13/h1-9H,10-11,17H2,(H2,18,19,20). The number of amidine groups is 1. The third-order valence-corrected chi connectivity index (χ3v) is 2.90. The van der Waals surface area contributed by atoms with Gasteiger partial charge in [-0.25, -0.2) is 4.79 Å². The van der Waals surface area contributed by atoms with Gasteiger partial charge in [-0.05, 0) is 11.1 Å². The maximum absolute atomic E-state index is 11.6. The smallest absolute Gasteiger partial charge is 0.435 e. The van der Waals surface area contributed by atoms with Crippen LogP contribution in [0, 0.1) is 0 Å². The van der Waals surface area contributed by atoms with Gasteiger partial charge in [0.15, 0.2) is 0 Å². The number of carbonyl (C=O) groups is 1. The van der Waals surface area contributed by atoms with Gasteiger partial charge < -0.3 is 16.2 Å². The number of hydrogen-bond acceptors (Lipinski definition) is 3. The van der Waals surface area contributed by atoms with Crippen molar-refractivity contribution in [1.82, 2.24) is 0 Å². The van der Waals surface area contributed by atoms with Crippen LogP contribution in [-0.4, -0.2) is 11.9 Å². The van der Waals surface area contributed by atoms with Crippen LogP contribution >= 0.6 is 0 Å². The topological polar surface area (TPSA) is 90.7 Å². The van der Waals surface area contributed by atoms with E-state index < -0.39 is 6.09 Å². The molecule has 0 unspecified atom stereocenters. The molecule has 0 heterocycles. The molecular formula is C16H17N3O2. The second-order valence-corrected chi connectivity index (χ2v) is 4.44. The zero-order chi connectivity index (χ0) is 15.1. The van der Waals surface area contributed by atoms with E-state index in [1.165, 1.54) is 0 Å². The molecule has 0 bridgehead atoms. The lowest BCUT2D eigenvalue weighted by molar-refractivity contribution is 0.151. The van der Waals surface area contributed by atoms with Crippen molar-refractivity contribution in [3.05, 3.63) is 71.3 Å². The molecular weight excluding hydrogens is 266 g/mol. The highest BCUT2D eigenvalue weighted by Gasteiger charge is 2.05. The molecule has 0 saturated heterocycles. The van der Waals surface area contributed by atoms with Gasteiger partial charge in [-0.2, -0.15) is 4.99 Å². The highest BCUT2D eigenvalue weighted by Crippen LogP contribution is 2.05. The Morgan fingerprint density at radius 2 is 1.67 bits per heavy atom. The minimum atomic E-state index is -0.709. The van der Waals surface area contributed by atoms with E-state index in [1.54, 1.807) is 12.1 Å². The average molecular weight is 283 g/mol. The summed E-state index contributed by atoms with van der Waals surface area (Å²) in [6.45, 7) is 0.624. The molecule has 1 amide bonds. The van der Waals surface area contributed by atoms with E-state index in [0.717, 1.165) is 11.1 Å². The van der Waals surface area contributed by atoms with Crippen molar-refractivity contribution in [2.24, 2.45) is 16.5 Å². The fourth-order valence-corrected chi connectivity index (χ4v) is 1.73. The maximum Gasteiger partial charge on any atom is 0.435 e. The Hall–Kier alpha value is -2.66. The Morgan fingerprint density at radius 1 is 1.00 bits per heavy atom. The molecule has 0 spiro atoms. The van der Waals surface area contributed by atoms with Crippen LogP contribution in [0.15, 0.2) is 59.6 Å². The van der Waals surface area contributed by atoms with Gasteiger partial charge in [-0.1, -0.05) is 54.6 Å². The first-order chi connectivity index (χ1) is 10.2. The second-order valence-electron chi connectivity index (χ2n) is 4.44. The van der Waals surface area contributed by atoms with Gasteiger partial charge in [0.2, 0.25) is 0 Å². The Balaban J connectivity index is 1.95. The molecule has 4 N–H and O–H groups in total. The minimum absolute atomic E-state index is 0.122. The molecule has 0 atom stereocenters. The zero-order valence-electron chi connectivity index (χ0n) is 11.5. The molecule has 21 heavy (non-hydrogen) atoms. The van der Waals surface area contributed by atoms with Crippen molar-refractivity contribution in [3.8, 4) is 0 Å². The monoisotopic (exact) mass is 283 g/mol. The van der Waals surface area contributed by atoms with Gasteiger partial charge in [0.05, 0.1) is 0 Å². The Kier molecular flexibility index (Phi) is 5.06. The van der Waals surface area contributed by atoms with E-state index in [9.17, 15) is 4.79 Å². The first-order valence-corrected chi connectivity index (χ1v) is 6.53. The summed E-state index contributed by atoms with van der Waals surface area (Å²) < 4.78 is 5.04. The van der Waals surface area contributed by atoms with Crippen LogP contribution < -0.4 is 11.5 Å². The minimum Gasteiger partial charge on any atom is -0.443 e. The number of nitrogens with two attached hydrogens (primary N) is 2. The molecule has 0 aliphatic carbocycles. The van der Waals surface area contributed by atoms with Crippen molar-refractivity contribution in [1.29, 1.82) is 0 Å². The predicted molar refractivity (Wildman–Crippen MR) is 81.7 cm³/mol. The molecule has 5 nitrogen and oxygen atoms in total. The lowest BCUT2D eigenvalue weighted by atomic mass is 10.1. The van der Waals surface area contributed by atoms with E-state index in [-0.39, 0.29) is 12.4 Å². The SMILES string of the molecule is NCc1ccc(C(N)=NC(=O)OCc2ccccc2)cc1. The third-order valence-electron chi connectivity index (χ3n) is 2.90. The normalized spacial score (nSPS) is 11.2. The van der Waals surface area contributed by atoms with E-state index in [4.69, 9.17) is 16.2 Å². The molecule has 0 saturated carbocycles. The number of nitrogens with zero attached hydrogens (tertiary/aromatic N) is 1. The molecule has 0 aromatic heterocycles. The Morgan fingerprint density at radius 3 is 2.29 bits per heavy atom. The maximum atomic E-state index is 11.6. The lowest BCUT2D eigenvalue weighted by Gasteiger charge is -2.04. The van der Waals surface area contributed by atoms with Crippen molar-refractivity contribution in [2.75, 3.05) is 0 Å². The molecule has 0 aliphatic rings. The van der Waals surface area contributed by atoms with E-state index in [2.05, 4.69) is 4.99 Å². The van der Waals surface area contributed by atoms with Crippen LogP contribution in [-0.2, 0) is 17.9 Å². The zero-order valence-corrected chi connectivity index (χ0v) is 11.5. The summed E-state index contributed by atoms with van der Waals surface area (Å²) in [5.74, 6) is 0.122. The van der Waals surface area contributed by atoms with Gasteiger partial charge in [0.1, 0.15) is 12.4 Å². The molecule has 108 valence electrons. The fraction of sp³-hybridized carbons (Fsp3) is 0.125. The van der Waals surface area contributed by atoms with Crippen LogP contribution in [0.3, 0.4) is 0 Å². The van der Waals surface area contributed by atoms with Gasteiger partial charge in [0.25, 0.3) is 0 Å². The first-order valence-electron chi connectivity index (χ1n) is 6.53. The van der Waals surface area contributed by atoms with Crippen LogP contribution in [0.2, 0.25) is 0 Å². The number of benzene rings is 2. The summed E-state index contributed by atoms with van der Waals surface area (Å²) in [5.41, 5.74) is 13.8.